The van der Waals surface area contributed by atoms with Crippen molar-refractivity contribution in [2.24, 2.45) is 0 Å². The average Bonchev–Trinajstić information content (AvgIpc) is 2.51. The Balaban J connectivity index is 2.01. The minimum Gasteiger partial charge on any atom is -0.481 e. The van der Waals surface area contributed by atoms with Crippen LogP contribution in [0.25, 0.3) is 0 Å². The number of hydrogen-bond donors (Lipinski definition) is 1. The Kier molecular flexibility index (Phi) is 5.82. The minimum absolute atomic E-state index is 0.166. The SMILES string of the molecule is O=C(COc1ccc([N+](=O)[O-])cc1F)Nc1cc(Cl)c(Cl)cc1Cl. The molecule has 0 bridgehead atoms. The normalized spacial score (nSPS) is 10.3. The first kappa shape index (κ1) is 18.3. The lowest BCUT2D eigenvalue weighted by Crippen LogP contribution is -2.20. The fraction of sp³-hybridized carbons (Fsp3) is 0.0714. The Morgan fingerprint density at radius 1 is 1.17 bits per heavy atom. The third-order valence-electron chi connectivity index (χ3n) is 2.77. The summed E-state index contributed by atoms with van der Waals surface area (Å²) in [7, 11) is 0. The van der Waals surface area contributed by atoms with E-state index in [0.717, 1.165) is 12.1 Å². The van der Waals surface area contributed by atoms with Gasteiger partial charge in [0.15, 0.2) is 18.2 Å². The fourth-order valence-corrected chi connectivity index (χ4v) is 2.26. The maximum absolute atomic E-state index is 13.6. The maximum atomic E-state index is 13.6. The quantitative estimate of drug-likeness (QED) is 0.453. The summed E-state index contributed by atoms with van der Waals surface area (Å²) in [5.74, 6) is -1.88. The number of halogens is 4. The molecule has 6 nitrogen and oxygen atoms in total. The van der Waals surface area contributed by atoms with Crippen LogP contribution in [0.1, 0.15) is 0 Å². The Labute approximate surface area is 150 Å². The molecule has 0 aliphatic carbocycles. The van der Waals surface area contributed by atoms with E-state index >= 15 is 0 Å². The highest BCUT2D eigenvalue weighted by atomic mass is 35.5. The predicted octanol–water partition coefficient (Wildman–Crippen LogP) is 4.71. The van der Waals surface area contributed by atoms with Crippen molar-refractivity contribution in [2.75, 3.05) is 11.9 Å². The van der Waals surface area contributed by atoms with Crippen LogP contribution in [0.4, 0.5) is 15.8 Å². The molecular formula is C14H8Cl3FN2O4. The van der Waals surface area contributed by atoms with Gasteiger partial charge in [-0.3, -0.25) is 14.9 Å². The number of amides is 1. The second kappa shape index (κ2) is 7.65. The number of rotatable bonds is 5. The van der Waals surface area contributed by atoms with Crippen molar-refractivity contribution in [2.45, 2.75) is 0 Å². The lowest BCUT2D eigenvalue weighted by atomic mass is 10.3. The molecule has 0 radical (unpaired) electrons. The molecule has 0 aliphatic heterocycles. The van der Waals surface area contributed by atoms with Crippen LogP contribution >= 0.6 is 34.8 Å². The molecule has 24 heavy (non-hydrogen) atoms. The number of carbonyl (C=O) groups excluding carboxylic acids is 1. The highest BCUT2D eigenvalue weighted by Gasteiger charge is 2.14. The molecule has 0 atom stereocenters. The number of nitro benzene ring substituents is 1. The summed E-state index contributed by atoms with van der Waals surface area (Å²) in [6, 6.07) is 5.54. The summed E-state index contributed by atoms with van der Waals surface area (Å²) in [5, 5.41) is 13.5. The molecule has 126 valence electrons. The summed E-state index contributed by atoms with van der Waals surface area (Å²) in [6.07, 6.45) is 0. The van der Waals surface area contributed by atoms with Crippen molar-refractivity contribution < 1.29 is 18.8 Å². The summed E-state index contributed by atoms with van der Waals surface area (Å²) >= 11 is 17.5. The van der Waals surface area contributed by atoms with Gasteiger partial charge in [0.25, 0.3) is 11.6 Å². The molecule has 1 amide bonds. The molecule has 10 heteroatoms. The van der Waals surface area contributed by atoms with Crippen LogP contribution in [-0.2, 0) is 4.79 Å². The van der Waals surface area contributed by atoms with E-state index in [2.05, 4.69) is 5.32 Å². The van der Waals surface area contributed by atoms with Crippen LogP contribution in [0.15, 0.2) is 30.3 Å². The van der Waals surface area contributed by atoms with Gasteiger partial charge in [0.05, 0.1) is 31.7 Å². The van der Waals surface area contributed by atoms with Crippen molar-refractivity contribution in [1.29, 1.82) is 0 Å². The van der Waals surface area contributed by atoms with Gasteiger partial charge in [-0.05, 0) is 18.2 Å². The van der Waals surface area contributed by atoms with E-state index in [9.17, 15) is 19.3 Å². The number of nitro groups is 1. The Morgan fingerprint density at radius 2 is 1.83 bits per heavy atom. The molecule has 0 aromatic heterocycles. The van der Waals surface area contributed by atoms with Crippen LogP contribution in [0.2, 0.25) is 15.1 Å². The molecule has 2 aromatic carbocycles. The van der Waals surface area contributed by atoms with Gasteiger partial charge in [0.1, 0.15) is 0 Å². The summed E-state index contributed by atoms with van der Waals surface area (Å²) in [6.45, 7) is -0.536. The number of nitrogens with one attached hydrogen (secondary N) is 1. The molecule has 0 saturated carbocycles. The highest BCUT2D eigenvalue weighted by molar-refractivity contribution is 6.44. The Morgan fingerprint density at radius 3 is 2.46 bits per heavy atom. The van der Waals surface area contributed by atoms with Gasteiger partial charge in [-0.1, -0.05) is 34.8 Å². The molecule has 0 heterocycles. The van der Waals surface area contributed by atoms with Gasteiger partial charge < -0.3 is 10.1 Å². The van der Waals surface area contributed by atoms with E-state index in [4.69, 9.17) is 39.5 Å². The van der Waals surface area contributed by atoms with Crippen LogP contribution in [-0.4, -0.2) is 17.4 Å². The average molecular weight is 394 g/mol. The van der Waals surface area contributed by atoms with Crippen molar-refractivity contribution in [3.63, 3.8) is 0 Å². The highest BCUT2D eigenvalue weighted by Crippen LogP contribution is 2.32. The molecule has 0 unspecified atom stereocenters. The lowest BCUT2D eigenvalue weighted by Gasteiger charge is -2.10. The summed E-state index contributed by atoms with van der Waals surface area (Å²) < 4.78 is 18.6. The number of carbonyl (C=O) groups is 1. The number of ether oxygens (including phenoxy) is 1. The number of non-ortho nitro benzene ring substituents is 1. The van der Waals surface area contributed by atoms with Crippen molar-refractivity contribution in [1.82, 2.24) is 0 Å². The van der Waals surface area contributed by atoms with Gasteiger partial charge in [-0.25, -0.2) is 4.39 Å². The number of hydrogen-bond acceptors (Lipinski definition) is 4. The van der Waals surface area contributed by atoms with E-state index in [0.29, 0.717) is 6.07 Å². The Bertz CT molecular complexity index is 817. The number of nitrogens with zero attached hydrogens (tertiary/aromatic N) is 1. The van der Waals surface area contributed by atoms with Crippen molar-refractivity contribution >= 4 is 52.1 Å². The van der Waals surface area contributed by atoms with Gasteiger partial charge in [-0.2, -0.15) is 0 Å². The zero-order valence-electron chi connectivity index (χ0n) is 11.7. The summed E-state index contributed by atoms with van der Waals surface area (Å²) in [4.78, 5) is 21.6. The van der Waals surface area contributed by atoms with Crippen LogP contribution in [0, 0.1) is 15.9 Å². The molecular weight excluding hydrogens is 386 g/mol. The third-order valence-corrected chi connectivity index (χ3v) is 3.80. The first-order chi connectivity index (χ1) is 11.3. The molecule has 1 N–H and O–H groups in total. The molecule has 2 aromatic rings. The maximum Gasteiger partial charge on any atom is 0.272 e. The molecule has 0 spiro atoms. The molecule has 2 rings (SSSR count). The van der Waals surface area contributed by atoms with Crippen LogP contribution < -0.4 is 10.1 Å². The van der Waals surface area contributed by atoms with Gasteiger partial charge in [0.2, 0.25) is 0 Å². The first-order valence-corrected chi connectivity index (χ1v) is 7.42. The van der Waals surface area contributed by atoms with Crippen LogP contribution in [0.3, 0.4) is 0 Å². The molecule has 0 aliphatic rings. The monoisotopic (exact) mass is 392 g/mol. The Hall–Kier alpha value is -2.09. The van der Waals surface area contributed by atoms with Gasteiger partial charge in [-0.15, -0.1) is 0 Å². The number of benzene rings is 2. The molecule has 0 saturated heterocycles. The topological polar surface area (TPSA) is 81.5 Å². The van der Waals surface area contributed by atoms with Crippen molar-refractivity contribution in [3.05, 3.63) is 61.3 Å². The standard InChI is InChI=1S/C14H8Cl3FN2O4/c15-8-4-10(17)12(5-9(8)16)19-14(21)6-24-13-2-1-7(20(22)23)3-11(13)18/h1-5H,6H2,(H,19,21). The van der Waals surface area contributed by atoms with E-state index in [1.165, 1.54) is 12.1 Å². The van der Waals surface area contributed by atoms with E-state index in [1.54, 1.807) is 0 Å². The van der Waals surface area contributed by atoms with E-state index in [-0.39, 0.29) is 26.5 Å². The van der Waals surface area contributed by atoms with Crippen molar-refractivity contribution in [3.8, 4) is 5.75 Å². The largest absolute Gasteiger partial charge is 0.481 e. The summed E-state index contributed by atoms with van der Waals surface area (Å²) in [5.41, 5.74) is -0.212. The van der Waals surface area contributed by atoms with Gasteiger partial charge in [0, 0.05) is 6.07 Å². The second-order valence-electron chi connectivity index (χ2n) is 4.45. The van der Waals surface area contributed by atoms with E-state index < -0.39 is 28.9 Å². The zero-order valence-corrected chi connectivity index (χ0v) is 14.0. The fourth-order valence-electron chi connectivity index (χ4n) is 1.67. The first-order valence-electron chi connectivity index (χ1n) is 6.29. The molecule has 0 fully saturated rings. The smallest absolute Gasteiger partial charge is 0.272 e. The number of anilines is 1. The van der Waals surface area contributed by atoms with E-state index in [1.807, 2.05) is 0 Å². The second-order valence-corrected chi connectivity index (χ2v) is 5.68. The van der Waals surface area contributed by atoms with Gasteiger partial charge >= 0.3 is 0 Å². The lowest BCUT2D eigenvalue weighted by molar-refractivity contribution is -0.385. The predicted molar refractivity (Wildman–Crippen MR) is 88.7 cm³/mol. The minimum atomic E-state index is -0.954. The zero-order chi connectivity index (χ0) is 17.9. The third kappa shape index (κ3) is 4.47. The van der Waals surface area contributed by atoms with Crippen LogP contribution in [0.5, 0.6) is 5.75 Å².